The van der Waals surface area contributed by atoms with Gasteiger partial charge in [-0.15, -0.1) is 11.3 Å². The molecular weight excluding hydrogens is 224 g/mol. The van der Waals surface area contributed by atoms with Crippen LogP contribution in [0.15, 0.2) is 29.8 Å². The van der Waals surface area contributed by atoms with E-state index in [1.54, 1.807) is 24.4 Å². The summed E-state index contributed by atoms with van der Waals surface area (Å²) < 4.78 is 4.71. The Kier molecular flexibility index (Phi) is 2.87. The molecule has 2 aromatic rings. The van der Waals surface area contributed by atoms with Gasteiger partial charge in [0.1, 0.15) is 5.01 Å². The summed E-state index contributed by atoms with van der Waals surface area (Å²) in [7, 11) is 1.35. The van der Waals surface area contributed by atoms with E-state index in [0.717, 1.165) is 5.01 Å². The largest absolute Gasteiger partial charge is 0.465 e. The molecule has 0 spiro atoms. The van der Waals surface area contributed by atoms with E-state index < -0.39 is 0 Å². The maximum absolute atomic E-state index is 11.6. The highest BCUT2D eigenvalue weighted by molar-refractivity contribution is 7.13. The van der Waals surface area contributed by atoms with E-state index >= 15 is 0 Å². The predicted octanol–water partition coefficient (Wildman–Crippen LogP) is 2.18. The van der Waals surface area contributed by atoms with E-state index in [9.17, 15) is 4.79 Å². The number of nitrogens with zero attached hydrogens (tertiary/aromatic N) is 1. The number of anilines is 1. The summed E-state index contributed by atoms with van der Waals surface area (Å²) in [5.41, 5.74) is 7.48. The molecule has 0 aliphatic rings. The highest BCUT2D eigenvalue weighted by atomic mass is 32.1. The van der Waals surface area contributed by atoms with Crippen molar-refractivity contribution in [1.82, 2.24) is 4.98 Å². The maximum Gasteiger partial charge on any atom is 0.338 e. The lowest BCUT2D eigenvalue weighted by atomic mass is 10.1. The van der Waals surface area contributed by atoms with Gasteiger partial charge in [-0.25, -0.2) is 9.78 Å². The van der Waals surface area contributed by atoms with Gasteiger partial charge in [0, 0.05) is 22.8 Å². The average molecular weight is 234 g/mol. The first-order chi connectivity index (χ1) is 7.72. The number of hydrogen-bond acceptors (Lipinski definition) is 5. The van der Waals surface area contributed by atoms with Crippen LogP contribution in [0.1, 0.15) is 10.4 Å². The maximum atomic E-state index is 11.6. The van der Waals surface area contributed by atoms with Gasteiger partial charge in [-0.2, -0.15) is 0 Å². The molecule has 0 amide bonds. The topological polar surface area (TPSA) is 65.2 Å². The molecule has 0 aliphatic heterocycles. The van der Waals surface area contributed by atoms with Gasteiger partial charge in [0.2, 0.25) is 0 Å². The van der Waals surface area contributed by atoms with E-state index in [0.29, 0.717) is 16.8 Å². The summed E-state index contributed by atoms with van der Waals surface area (Å²) in [6.07, 6.45) is 1.68. The molecule has 0 saturated heterocycles. The Morgan fingerprint density at radius 2 is 2.31 bits per heavy atom. The summed E-state index contributed by atoms with van der Waals surface area (Å²) >= 11 is 1.45. The zero-order valence-electron chi connectivity index (χ0n) is 8.64. The lowest BCUT2D eigenvalue weighted by Crippen LogP contribution is -2.04. The molecule has 0 fully saturated rings. The molecule has 0 saturated carbocycles. The van der Waals surface area contributed by atoms with Gasteiger partial charge in [-0.05, 0) is 18.2 Å². The molecule has 0 radical (unpaired) electrons. The highest BCUT2D eigenvalue weighted by Gasteiger charge is 2.14. The van der Waals surface area contributed by atoms with Gasteiger partial charge in [-0.3, -0.25) is 0 Å². The molecule has 2 rings (SSSR count). The second-order valence-corrected chi connectivity index (χ2v) is 4.03. The molecule has 1 aromatic heterocycles. The van der Waals surface area contributed by atoms with E-state index in [1.165, 1.54) is 18.4 Å². The van der Waals surface area contributed by atoms with Crippen molar-refractivity contribution in [2.24, 2.45) is 0 Å². The summed E-state index contributed by atoms with van der Waals surface area (Å²) in [5.74, 6) is -0.384. The number of carbonyl (C=O) groups is 1. The van der Waals surface area contributed by atoms with Gasteiger partial charge in [0.05, 0.1) is 12.7 Å². The van der Waals surface area contributed by atoms with Crippen molar-refractivity contribution < 1.29 is 9.53 Å². The molecule has 0 unspecified atom stereocenters. The van der Waals surface area contributed by atoms with Crippen LogP contribution in [0, 0.1) is 0 Å². The minimum Gasteiger partial charge on any atom is -0.465 e. The fourth-order valence-corrected chi connectivity index (χ4v) is 2.05. The summed E-state index contributed by atoms with van der Waals surface area (Å²) in [6, 6.07) is 5.05. The molecule has 0 bridgehead atoms. The Labute approximate surface area is 96.7 Å². The van der Waals surface area contributed by atoms with Crippen LogP contribution in [0.2, 0.25) is 0 Å². The summed E-state index contributed by atoms with van der Waals surface area (Å²) in [4.78, 5) is 15.7. The first kappa shape index (κ1) is 10.6. The third-order valence-electron chi connectivity index (χ3n) is 2.11. The van der Waals surface area contributed by atoms with E-state index in [-0.39, 0.29) is 5.97 Å². The monoisotopic (exact) mass is 234 g/mol. The fourth-order valence-electron chi connectivity index (χ4n) is 1.38. The zero-order chi connectivity index (χ0) is 11.5. The second-order valence-electron chi connectivity index (χ2n) is 3.13. The van der Waals surface area contributed by atoms with Crippen molar-refractivity contribution in [1.29, 1.82) is 0 Å². The van der Waals surface area contributed by atoms with Crippen molar-refractivity contribution in [2.75, 3.05) is 12.8 Å². The molecule has 16 heavy (non-hydrogen) atoms. The number of ether oxygens (including phenoxy) is 1. The molecular formula is C11H10N2O2S. The Hall–Kier alpha value is -1.88. The van der Waals surface area contributed by atoms with Crippen molar-refractivity contribution in [3.05, 3.63) is 35.3 Å². The Morgan fingerprint density at radius 3 is 2.94 bits per heavy atom. The first-order valence-corrected chi connectivity index (χ1v) is 5.48. The van der Waals surface area contributed by atoms with Crippen LogP contribution in [0.4, 0.5) is 5.69 Å². The number of hydrogen-bond donors (Lipinski definition) is 1. The summed E-state index contributed by atoms with van der Waals surface area (Å²) in [6.45, 7) is 0. The van der Waals surface area contributed by atoms with E-state index in [1.807, 2.05) is 5.38 Å². The van der Waals surface area contributed by atoms with E-state index in [4.69, 9.17) is 10.5 Å². The highest BCUT2D eigenvalue weighted by Crippen LogP contribution is 2.28. The van der Waals surface area contributed by atoms with Crippen LogP contribution in [0.5, 0.6) is 0 Å². The number of aromatic nitrogens is 1. The standard InChI is InChI=1S/C11H10N2O2S/c1-15-11(14)8-3-2-7(12)6-9(8)10-13-4-5-16-10/h2-6H,12H2,1H3. The lowest BCUT2D eigenvalue weighted by molar-refractivity contribution is 0.0601. The van der Waals surface area contributed by atoms with Crippen molar-refractivity contribution >= 4 is 23.0 Å². The third kappa shape index (κ3) is 1.90. The molecule has 0 atom stereocenters. The predicted molar refractivity (Wildman–Crippen MR) is 63.3 cm³/mol. The minimum absolute atomic E-state index is 0.384. The molecule has 2 N–H and O–H groups in total. The molecule has 0 aliphatic carbocycles. The Balaban J connectivity index is 2.57. The molecule has 1 heterocycles. The van der Waals surface area contributed by atoms with Crippen LogP contribution in [0.3, 0.4) is 0 Å². The average Bonchev–Trinajstić information content (AvgIpc) is 2.81. The molecule has 4 nitrogen and oxygen atoms in total. The van der Waals surface area contributed by atoms with Crippen LogP contribution in [-0.4, -0.2) is 18.1 Å². The van der Waals surface area contributed by atoms with Crippen LogP contribution < -0.4 is 5.73 Å². The smallest absolute Gasteiger partial charge is 0.338 e. The van der Waals surface area contributed by atoms with Gasteiger partial charge < -0.3 is 10.5 Å². The van der Waals surface area contributed by atoms with Gasteiger partial charge in [0.25, 0.3) is 0 Å². The molecule has 82 valence electrons. The Bertz CT molecular complexity index is 509. The SMILES string of the molecule is COC(=O)c1ccc(N)cc1-c1nccs1. The number of nitrogen functional groups attached to an aromatic ring is 1. The lowest BCUT2D eigenvalue weighted by Gasteiger charge is -2.06. The van der Waals surface area contributed by atoms with Crippen LogP contribution >= 0.6 is 11.3 Å². The van der Waals surface area contributed by atoms with Gasteiger partial charge in [-0.1, -0.05) is 0 Å². The van der Waals surface area contributed by atoms with Crippen LogP contribution in [-0.2, 0) is 4.74 Å². The quantitative estimate of drug-likeness (QED) is 0.639. The van der Waals surface area contributed by atoms with Crippen molar-refractivity contribution in [2.45, 2.75) is 0 Å². The number of benzene rings is 1. The molecule has 5 heteroatoms. The zero-order valence-corrected chi connectivity index (χ0v) is 9.45. The first-order valence-electron chi connectivity index (χ1n) is 4.60. The number of nitrogens with two attached hydrogens (primary N) is 1. The number of esters is 1. The summed E-state index contributed by atoms with van der Waals surface area (Å²) in [5, 5.41) is 2.60. The number of methoxy groups -OCH3 is 1. The van der Waals surface area contributed by atoms with Gasteiger partial charge >= 0.3 is 5.97 Å². The third-order valence-corrected chi connectivity index (χ3v) is 2.92. The Morgan fingerprint density at radius 1 is 1.50 bits per heavy atom. The van der Waals surface area contributed by atoms with Gasteiger partial charge in [0.15, 0.2) is 0 Å². The number of thiazole rings is 1. The van der Waals surface area contributed by atoms with E-state index in [2.05, 4.69) is 4.98 Å². The number of rotatable bonds is 2. The molecule has 1 aromatic carbocycles. The number of carbonyl (C=O) groups excluding carboxylic acids is 1. The minimum atomic E-state index is -0.384. The fraction of sp³-hybridized carbons (Fsp3) is 0.0909. The van der Waals surface area contributed by atoms with Crippen LogP contribution in [0.25, 0.3) is 10.6 Å². The van der Waals surface area contributed by atoms with Crippen molar-refractivity contribution in [3.8, 4) is 10.6 Å². The second kappa shape index (κ2) is 4.32. The normalized spacial score (nSPS) is 10.1. The van der Waals surface area contributed by atoms with Crippen molar-refractivity contribution in [3.63, 3.8) is 0 Å².